The number of nitrogens with zero attached hydrogens (tertiary/aromatic N) is 7. The van der Waals surface area contributed by atoms with E-state index in [0.29, 0.717) is 0 Å². The zero-order valence-electron chi connectivity index (χ0n) is 11.2. The summed E-state index contributed by atoms with van der Waals surface area (Å²) in [4.78, 5) is 4.78. The lowest BCUT2D eigenvalue weighted by molar-refractivity contribution is 0.660. The minimum Gasteiger partial charge on any atom is -0.272 e. The van der Waals surface area contributed by atoms with Crippen LogP contribution in [0.3, 0.4) is 0 Å². The Morgan fingerprint density at radius 3 is 2.76 bits per heavy atom. The Bertz CT molecular complexity index is 890. The van der Waals surface area contributed by atoms with Crippen LogP contribution < -0.4 is 0 Å². The van der Waals surface area contributed by atoms with Crippen molar-refractivity contribution in [1.82, 2.24) is 34.6 Å². The van der Waals surface area contributed by atoms with Gasteiger partial charge in [0, 0.05) is 30.7 Å². The molecule has 0 fully saturated rings. The maximum atomic E-state index is 4.60. The summed E-state index contributed by atoms with van der Waals surface area (Å²) >= 11 is 1.50. The summed E-state index contributed by atoms with van der Waals surface area (Å²) < 4.78 is 3.64. The highest BCUT2D eigenvalue weighted by molar-refractivity contribution is 7.19. The zero-order valence-corrected chi connectivity index (χ0v) is 12.0. The van der Waals surface area contributed by atoms with Crippen molar-refractivity contribution < 1.29 is 0 Å². The Morgan fingerprint density at radius 1 is 1.14 bits per heavy atom. The molecule has 0 N–H and O–H groups in total. The molecule has 0 amide bonds. The second-order valence-corrected chi connectivity index (χ2v) is 5.40. The van der Waals surface area contributed by atoms with Gasteiger partial charge in [-0.05, 0) is 19.1 Å². The van der Waals surface area contributed by atoms with Gasteiger partial charge < -0.3 is 0 Å². The molecule has 0 spiro atoms. The van der Waals surface area contributed by atoms with Gasteiger partial charge in [0.2, 0.25) is 4.96 Å². The number of fused-ring (bicyclic) bond motifs is 1. The van der Waals surface area contributed by atoms with Crippen LogP contribution in [0.2, 0.25) is 0 Å². The molecule has 0 radical (unpaired) electrons. The van der Waals surface area contributed by atoms with Crippen LogP contribution in [0.5, 0.6) is 0 Å². The Morgan fingerprint density at radius 2 is 2.00 bits per heavy atom. The van der Waals surface area contributed by atoms with E-state index in [9.17, 15) is 0 Å². The van der Waals surface area contributed by atoms with E-state index in [-0.39, 0.29) is 0 Å². The molecule has 0 aliphatic carbocycles. The third kappa shape index (κ3) is 2.00. The van der Waals surface area contributed by atoms with E-state index in [1.165, 1.54) is 11.3 Å². The molecule has 21 heavy (non-hydrogen) atoms. The van der Waals surface area contributed by atoms with Crippen LogP contribution in [0.25, 0.3) is 26.9 Å². The highest BCUT2D eigenvalue weighted by atomic mass is 32.1. The first kappa shape index (κ1) is 12.2. The maximum Gasteiger partial charge on any atom is 0.235 e. The standard InChI is InChI=1S/C13H11N7S/c1-2-19-8-10(7-15-19)12-18-20-11(16-17-13(20)21-12)9-3-5-14-6-4-9/h3-8H,2H2,1H3. The summed E-state index contributed by atoms with van der Waals surface area (Å²) in [6, 6.07) is 3.79. The molecule has 4 aromatic rings. The number of aryl methyl sites for hydroxylation is 1. The van der Waals surface area contributed by atoms with Gasteiger partial charge in [-0.2, -0.15) is 14.7 Å². The molecule has 7 nitrogen and oxygen atoms in total. The van der Waals surface area contributed by atoms with Gasteiger partial charge in [0.05, 0.1) is 11.8 Å². The molecule has 8 heteroatoms. The first-order valence-electron chi connectivity index (χ1n) is 6.50. The van der Waals surface area contributed by atoms with Crippen molar-refractivity contribution in [2.45, 2.75) is 13.5 Å². The van der Waals surface area contributed by atoms with Crippen LogP contribution in [0.15, 0.2) is 36.9 Å². The maximum absolute atomic E-state index is 4.60. The summed E-state index contributed by atoms with van der Waals surface area (Å²) in [5.74, 6) is 0.720. The molecule has 0 unspecified atom stereocenters. The molecule has 0 saturated carbocycles. The highest BCUT2D eigenvalue weighted by Crippen LogP contribution is 2.27. The fraction of sp³-hybridized carbons (Fsp3) is 0.154. The molecule has 104 valence electrons. The zero-order chi connectivity index (χ0) is 14.2. The highest BCUT2D eigenvalue weighted by Gasteiger charge is 2.15. The predicted molar refractivity (Wildman–Crippen MR) is 78.8 cm³/mol. The lowest BCUT2D eigenvalue weighted by Gasteiger charge is -1.94. The third-order valence-corrected chi connectivity index (χ3v) is 4.08. The van der Waals surface area contributed by atoms with Gasteiger partial charge in [-0.1, -0.05) is 11.3 Å². The van der Waals surface area contributed by atoms with E-state index in [0.717, 1.165) is 33.5 Å². The van der Waals surface area contributed by atoms with E-state index in [2.05, 4.69) is 32.3 Å². The number of hydrogen-bond acceptors (Lipinski definition) is 6. The lowest BCUT2D eigenvalue weighted by atomic mass is 10.2. The average Bonchev–Trinajstić information content (AvgIpc) is 3.22. The van der Waals surface area contributed by atoms with Gasteiger partial charge in [-0.3, -0.25) is 9.67 Å². The second kappa shape index (κ2) is 4.74. The molecule has 0 aromatic carbocycles. The van der Waals surface area contributed by atoms with Crippen LogP contribution in [0.1, 0.15) is 6.92 Å². The normalized spacial score (nSPS) is 11.3. The Labute approximate surface area is 123 Å². The minimum absolute atomic E-state index is 0.720. The summed E-state index contributed by atoms with van der Waals surface area (Å²) in [6.45, 7) is 2.89. The number of rotatable bonds is 3. The smallest absolute Gasteiger partial charge is 0.235 e. The van der Waals surface area contributed by atoms with Crippen LogP contribution in [0.4, 0.5) is 0 Å². The third-order valence-electron chi connectivity index (χ3n) is 3.13. The van der Waals surface area contributed by atoms with Gasteiger partial charge in [0.1, 0.15) is 0 Å². The molecule has 0 bridgehead atoms. The fourth-order valence-electron chi connectivity index (χ4n) is 2.06. The van der Waals surface area contributed by atoms with Gasteiger partial charge in [-0.25, -0.2) is 0 Å². The van der Waals surface area contributed by atoms with Crippen molar-refractivity contribution in [3.05, 3.63) is 36.9 Å². The molecule has 4 rings (SSSR count). The summed E-state index contributed by atoms with van der Waals surface area (Å²) in [5.41, 5.74) is 1.94. The molecular formula is C13H11N7S. The van der Waals surface area contributed by atoms with Crippen LogP contribution in [0, 0.1) is 0 Å². The molecule has 0 aliphatic rings. The van der Waals surface area contributed by atoms with Crippen molar-refractivity contribution in [2.75, 3.05) is 0 Å². The number of pyridine rings is 1. The Kier molecular flexibility index (Phi) is 2.74. The van der Waals surface area contributed by atoms with Crippen molar-refractivity contribution in [3.8, 4) is 22.0 Å². The predicted octanol–water partition coefficient (Wildman–Crippen LogP) is 2.13. The lowest BCUT2D eigenvalue weighted by Crippen LogP contribution is -1.92. The van der Waals surface area contributed by atoms with Gasteiger partial charge in [0.15, 0.2) is 10.8 Å². The molecule has 0 aliphatic heterocycles. The fourth-order valence-corrected chi connectivity index (χ4v) is 2.88. The minimum atomic E-state index is 0.720. The number of aromatic nitrogens is 7. The van der Waals surface area contributed by atoms with Gasteiger partial charge in [0.25, 0.3) is 0 Å². The first-order chi connectivity index (χ1) is 10.3. The van der Waals surface area contributed by atoms with E-state index in [4.69, 9.17) is 0 Å². The van der Waals surface area contributed by atoms with Crippen LogP contribution in [-0.2, 0) is 6.54 Å². The van der Waals surface area contributed by atoms with Crippen molar-refractivity contribution in [1.29, 1.82) is 0 Å². The van der Waals surface area contributed by atoms with Crippen molar-refractivity contribution in [2.24, 2.45) is 0 Å². The summed E-state index contributed by atoms with van der Waals surface area (Å²) in [5, 5.41) is 18.1. The second-order valence-electron chi connectivity index (χ2n) is 4.45. The molecule has 0 atom stereocenters. The van der Waals surface area contributed by atoms with E-state index < -0.39 is 0 Å². The summed E-state index contributed by atoms with van der Waals surface area (Å²) in [7, 11) is 0. The van der Waals surface area contributed by atoms with Crippen molar-refractivity contribution in [3.63, 3.8) is 0 Å². The molecule has 4 aromatic heterocycles. The molecule has 4 heterocycles. The topological polar surface area (TPSA) is 73.8 Å². The van der Waals surface area contributed by atoms with Crippen molar-refractivity contribution >= 4 is 16.3 Å². The summed E-state index contributed by atoms with van der Waals surface area (Å²) in [6.07, 6.45) is 7.27. The average molecular weight is 297 g/mol. The van der Waals surface area contributed by atoms with Crippen LogP contribution >= 0.6 is 11.3 Å². The molecular weight excluding hydrogens is 286 g/mol. The quantitative estimate of drug-likeness (QED) is 0.579. The van der Waals surface area contributed by atoms with Crippen LogP contribution in [-0.4, -0.2) is 34.6 Å². The van der Waals surface area contributed by atoms with E-state index >= 15 is 0 Å². The SMILES string of the molecule is CCn1cc(-c2nn3c(-c4ccncc4)nnc3s2)cn1. The Balaban J connectivity index is 1.82. The first-order valence-corrected chi connectivity index (χ1v) is 7.32. The monoisotopic (exact) mass is 297 g/mol. The van der Waals surface area contributed by atoms with Gasteiger partial charge >= 0.3 is 0 Å². The number of hydrogen-bond donors (Lipinski definition) is 0. The van der Waals surface area contributed by atoms with E-state index in [1.807, 2.05) is 29.2 Å². The Hall–Kier alpha value is -2.61. The molecule has 0 saturated heterocycles. The van der Waals surface area contributed by atoms with Gasteiger partial charge in [-0.15, -0.1) is 10.2 Å². The largest absolute Gasteiger partial charge is 0.272 e. The van der Waals surface area contributed by atoms with E-state index in [1.54, 1.807) is 16.9 Å².